The number of aryl methyl sites for hydroxylation is 2. The van der Waals surface area contributed by atoms with E-state index in [0.717, 1.165) is 17.5 Å². The summed E-state index contributed by atoms with van der Waals surface area (Å²) < 4.78 is 20.4. The van der Waals surface area contributed by atoms with Gasteiger partial charge in [-0.1, -0.05) is 0 Å². The first-order valence-electron chi connectivity index (χ1n) is 6.33. The SMILES string of the molecule is CCn1nc(C)cc1COc1ccc(F)cc1B(O)O. The standard InChI is InChI=1S/C13H16BFN2O3/c1-3-17-11(6-9(2)16-17)8-20-13-5-4-10(15)7-12(13)14(18)19/h4-7,18-19H,3,8H2,1-2H3. The molecule has 0 aliphatic heterocycles. The van der Waals surface area contributed by atoms with Crippen molar-refractivity contribution < 1.29 is 19.2 Å². The lowest BCUT2D eigenvalue weighted by Gasteiger charge is -2.11. The summed E-state index contributed by atoms with van der Waals surface area (Å²) in [5.41, 5.74) is 1.75. The van der Waals surface area contributed by atoms with Gasteiger partial charge in [0, 0.05) is 12.0 Å². The summed E-state index contributed by atoms with van der Waals surface area (Å²) in [5.74, 6) is -0.308. The second-order valence-electron chi connectivity index (χ2n) is 4.44. The third-order valence-electron chi connectivity index (χ3n) is 2.91. The molecule has 0 spiro atoms. The molecule has 0 radical (unpaired) electrons. The molecular formula is C13H16BFN2O3. The summed E-state index contributed by atoms with van der Waals surface area (Å²) in [4.78, 5) is 0. The normalized spacial score (nSPS) is 10.7. The second kappa shape index (κ2) is 6.07. The Bertz CT molecular complexity index is 601. The zero-order valence-corrected chi connectivity index (χ0v) is 11.4. The summed E-state index contributed by atoms with van der Waals surface area (Å²) in [5, 5.41) is 22.7. The summed E-state index contributed by atoms with van der Waals surface area (Å²) in [7, 11) is -1.78. The van der Waals surface area contributed by atoms with Crippen LogP contribution in [0.1, 0.15) is 18.3 Å². The zero-order chi connectivity index (χ0) is 14.7. The van der Waals surface area contributed by atoms with Crippen molar-refractivity contribution in [2.24, 2.45) is 0 Å². The maximum atomic E-state index is 13.1. The maximum absolute atomic E-state index is 13.1. The van der Waals surface area contributed by atoms with Gasteiger partial charge in [0.05, 0.1) is 11.4 Å². The number of halogens is 1. The van der Waals surface area contributed by atoms with Crippen molar-refractivity contribution in [1.29, 1.82) is 0 Å². The predicted molar refractivity (Wildman–Crippen MR) is 73.2 cm³/mol. The van der Waals surface area contributed by atoms with Crippen molar-refractivity contribution >= 4 is 12.6 Å². The third kappa shape index (κ3) is 3.18. The van der Waals surface area contributed by atoms with E-state index < -0.39 is 12.9 Å². The number of rotatable bonds is 5. The molecule has 5 nitrogen and oxygen atoms in total. The number of aromatic nitrogens is 2. The van der Waals surface area contributed by atoms with Crippen LogP contribution in [0.15, 0.2) is 24.3 Å². The van der Waals surface area contributed by atoms with E-state index >= 15 is 0 Å². The molecule has 2 rings (SSSR count). The molecule has 0 unspecified atom stereocenters. The fourth-order valence-electron chi connectivity index (χ4n) is 1.99. The molecular weight excluding hydrogens is 262 g/mol. The van der Waals surface area contributed by atoms with Crippen LogP contribution in [0, 0.1) is 12.7 Å². The Balaban J connectivity index is 2.18. The first-order chi connectivity index (χ1) is 9.51. The Morgan fingerprint density at radius 3 is 2.75 bits per heavy atom. The Hall–Kier alpha value is -1.86. The molecule has 20 heavy (non-hydrogen) atoms. The van der Waals surface area contributed by atoms with Crippen LogP contribution >= 0.6 is 0 Å². The number of hydrogen-bond acceptors (Lipinski definition) is 4. The van der Waals surface area contributed by atoms with Crippen LogP contribution in [-0.4, -0.2) is 26.9 Å². The molecule has 0 aliphatic rings. The second-order valence-corrected chi connectivity index (χ2v) is 4.44. The highest BCUT2D eigenvalue weighted by Gasteiger charge is 2.18. The highest BCUT2D eigenvalue weighted by atomic mass is 19.1. The minimum Gasteiger partial charge on any atom is -0.488 e. The van der Waals surface area contributed by atoms with E-state index in [-0.39, 0.29) is 17.8 Å². The number of ether oxygens (including phenoxy) is 1. The molecule has 0 aliphatic carbocycles. The van der Waals surface area contributed by atoms with Crippen molar-refractivity contribution in [3.05, 3.63) is 41.5 Å². The maximum Gasteiger partial charge on any atom is 0.492 e. The summed E-state index contributed by atoms with van der Waals surface area (Å²) in [6.45, 7) is 4.79. The molecule has 0 fully saturated rings. The van der Waals surface area contributed by atoms with E-state index in [0.29, 0.717) is 6.54 Å². The van der Waals surface area contributed by atoms with Crippen LogP contribution in [0.25, 0.3) is 0 Å². The van der Waals surface area contributed by atoms with Gasteiger partial charge in [0.2, 0.25) is 0 Å². The minimum atomic E-state index is -1.78. The van der Waals surface area contributed by atoms with Crippen molar-refractivity contribution in [3.63, 3.8) is 0 Å². The molecule has 2 aromatic rings. The van der Waals surface area contributed by atoms with Gasteiger partial charge in [-0.3, -0.25) is 4.68 Å². The number of nitrogens with zero attached hydrogens (tertiary/aromatic N) is 2. The lowest BCUT2D eigenvalue weighted by molar-refractivity contribution is 0.292. The topological polar surface area (TPSA) is 67.5 Å². The molecule has 7 heteroatoms. The van der Waals surface area contributed by atoms with E-state index in [4.69, 9.17) is 4.74 Å². The van der Waals surface area contributed by atoms with Gasteiger partial charge in [0.15, 0.2) is 0 Å². The van der Waals surface area contributed by atoms with Crippen LogP contribution in [0.2, 0.25) is 0 Å². The van der Waals surface area contributed by atoms with Gasteiger partial charge in [0.1, 0.15) is 18.2 Å². The van der Waals surface area contributed by atoms with Crippen molar-refractivity contribution in [3.8, 4) is 5.75 Å². The van der Waals surface area contributed by atoms with Crippen molar-refractivity contribution in [2.75, 3.05) is 0 Å². The van der Waals surface area contributed by atoms with Gasteiger partial charge in [-0.05, 0) is 38.1 Å². The average Bonchev–Trinajstić information content (AvgIpc) is 2.77. The van der Waals surface area contributed by atoms with Crippen LogP contribution in [0.3, 0.4) is 0 Å². The van der Waals surface area contributed by atoms with E-state index in [2.05, 4.69) is 5.10 Å². The smallest absolute Gasteiger partial charge is 0.488 e. The fourth-order valence-corrected chi connectivity index (χ4v) is 1.99. The van der Waals surface area contributed by atoms with Crippen LogP contribution < -0.4 is 10.2 Å². The predicted octanol–water partition coefficient (Wildman–Crippen LogP) is 0.609. The van der Waals surface area contributed by atoms with Gasteiger partial charge in [-0.15, -0.1) is 0 Å². The minimum absolute atomic E-state index is 0.00397. The Labute approximate surface area is 116 Å². The molecule has 0 bridgehead atoms. The highest BCUT2D eigenvalue weighted by molar-refractivity contribution is 6.59. The lowest BCUT2D eigenvalue weighted by atomic mass is 9.79. The molecule has 1 heterocycles. The molecule has 0 atom stereocenters. The van der Waals surface area contributed by atoms with Crippen molar-refractivity contribution in [2.45, 2.75) is 27.0 Å². The summed E-state index contributed by atoms with van der Waals surface area (Å²) in [6, 6.07) is 5.53. The molecule has 2 N–H and O–H groups in total. The van der Waals surface area contributed by atoms with E-state index in [1.54, 1.807) is 4.68 Å². The summed E-state index contributed by atoms with van der Waals surface area (Å²) in [6.07, 6.45) is 0. The number of benzene rings is 1. The monoisotopic (exact) mass is 278 g/mol. The van der Waals surface area contributed by atoms with Gasteiger partial charge in [-0.25, -0.2) is 4.39 Å². The third-order valence-corrected chi connectivity index (χ3v) is 2.91. The van der Waals surface area contributed by atoms with Gasteiger partial charge in [0.25, 0.3) is 0 Å². The highest BCUT2D eigenvalue weighted by Crippen LogP contribution is 2.13. The van der Waals surface area contributed by atoms with Crippen molar-refractivity contribution in [1.82, 2.24) is 9.78 Å². The Morgan fingerprint density at radius 1 is 1.35 bits per heavy atom. The first kappa shape index (κ1) is 14.6. The molecule has 1 aromatic heterocycles. The fraction of sp³-hybridized carbons (Fsp3) is 0.308. The zero-order valence-electron chi connectivity index (χ0n) is 11.4. The first-order valence-corrected chi connectivity index (χ1v) is 6.33. The quantitative estimate of drug-likeness (QED) is 0.786. The van der Waals surface area contributed by atoms with E-state index in [9.17, 15) is 14.4 Å². The van der Waals surface area contributed by atoms with E-state index in [1.807, 2.05) is 19.9 Å². The van der Waals surface area contributed by atoms with Gasteiger partial charge in [-0.2, -0.15) is 5.10 Å². The average molecular weight is 278 g/mol. The molecule has 0 amide bonds. The van der Waals surface area contributed by atoms with Gasteiger partial charge < -0.3 is 14.8 Å². The molecule has 106 valence electrons. The Kier molecular flexibility index (Phi) is 4.41. The largest absolute Gasteiger partial charge is 0.492 e. The van der Waals surface area contributed by atoms with Crippen LogP contribution in [-0.2, 0) is 13.2 Å². The summed E-state index contributed by atoms with van der Waals surface area (Å²) >= 11 is 0. The number of hydrogen-bond donors (Lipinski definition) is 2. The molecule has 0 saturated heterocycles. The lowest BCUT2D eigenvalue weighted by Crippen LogP contribution is -2.31. The van der Waals surface area contributed by atoms with Crippen LogP contribution in [0.4, 0.5) is 4.39 Å². The molecule has 1 aromatic carbocycles. The Morgan fingerprint density at radius 2 is 2.10 bits per heavy atom. The molecule has 0 saturated carbocycles. The van der Waals surface area contributed by atoms with Gasteiger partial charge >= 0.3 is 7.12 Å². The van der Waals surface area contributed by atoms with E-state index in [1.165, 1.54) is 12.1 Å². The van der Waals surface area contributed by atoms with Crippen LogP contribution in [0.5, 0.6) is 5.75 Å².